The molecule has 1 atom stereocenters. The summed E-state index contributed by atoms with van der Waals surface area (Å²) in [7, 11) is -0.938. The third-order valence-electron chi connectivity index (χ3n) is 8.62. The SMILES string of the molecule is CNS(=O)(=O)Nc1nn2cccnc2c1C(=O)N[C@H](C)c1c2c3c(ccc(C#Cc4cnn(C)c4)c3c(=O)n1-c1ccccc1)CCCC2. The first-order valence-electron chi connectivity index (χ1n) is 15.8. The van der Waals surface area contributed by atoms with E-state index in [4.69, 9.17) is 0 Å². The number of para-hydroxylation sites is 1. The molecule has 0 unspecified atom stereocenters. The number of benzene rings is 2. The molecular weight excluding hydrogens is 643 g/mol. The lowest BCUT2D eigenvalue weighted by Crippen LogP contribution is -2.34. The van der Waals surface area contributed by atoms with Crippen molar-refractivity contribution in [2.45, 2.75) is 38.6 Å². The molecule has 0 radical (unpaired) electrons. The van der Waals surface area contributed by atoms with E-state index >= 15 is 0 Å². The maximum absolute atomic E-state index is 14.8. The fourth-order valence-electron chi connectivity index (χ4n) is 6.48. The van der Waals surface area contributed by atoms with Crippen molar-refractivity contribution in [2.75, 3.05) is 11.8 Å². The molecule has 13 nitrogen and oxygen atoms in total. The lowest BCUT2D eigenvalue weighted by atomic mass is 9.92. The summed E-state index contributed by atoms with van der Waals surface area (Å²) in [5.41, 5.74) is 4.50. The van der Waals surface area contributed by atoms with Crippen LogP contribution < -0.4 is 20.3 Å². The molecule has 0 fully saturated rings. The number of hydrogen-bond acceptors (Lipinski definition) is 7. The van der Waals surface area contributed by atoms with E-state index in [0.717, 1.165) is 41.3 Å². The standard InChI is InChI=1S/C35H33N9O4S/c1-22(39-34(45)30-32(41-49(47,48)36-2)40-43-19-9-18-37-33(30)43)31-27-13-8-7-10-24-16-17-25(15-14-23-20-38-42(3)21-23)29(28(24)27)35(46)44(31)26-11-5-4-6-12-26/h4-6,9,11-12,16-22,36H,7-8,10,13H2,1-3H3,(H,39,45)(H,40,41)/t22-/m1/s1. The van der Waals surface area contributed by atoms with E-state index < -0.39 is 22.2 Å². The molecule has 0 aliphatic heterocycles. The Morgan fingerprint density at radius 1 is 1.02 bits per heavy atom. The third kappa shape index (κ3) is 5.94. The Balaban J connectivity index is 1.43. The third-order valence-corrected chi connectivity index (χ3v) is 9.62. The van der Waals surface area contributed by atoms with E-state index in [1.807, 2.05) is 56.6 Å². The van der Waals surface area contributed by atoms with Gasteiger partial charge in [-0.25, -0.2) is 14.2 Å². The van der Waals surface area contributed by atoms with Gasteiger partial charge in [0.15, 0.2) is 11.5 Å². The van der Waals surface area contributed by atoms with E-state index in [1.165, 1.54) is 17.8 Å². The van der Waals surface area contributed by atoms with Crippen LogP contribution in [0.4, 0.5) is 5.82 Å². The van der Waals surface area contributed by atoms with Gasteiger partial charge in [0, 0.05) is 43.9 Å². The van der Waals surface area contributed by atoms with Gasteiger partial charge in [-0.2, -0.15) is 13.5 Å². The average molecular weight is 676 g/mol. The van der Waals surface area contributed by atoms with Gasteiger partial charge in [-0.05, 0) is 73.4 Å². The predicted octanol–water partition coefficient (Wildman–Crippen LogP) is 3.41. The minimum Gasteiger partial charge on any atom is -0.344 e. The van der Waals surface area contributed by atoms with Gasteiger partial charge in [-0.15, -0.1) is 5.10 Å². The van der Waals surface area contributed by atoms with Crippen LogP contribution in [0.2, 0.25) is 0 Å². The van der Waals surface area contributed by atoms with Crippen molar-refractivity contribution >= 4 is 38.4 Å². The number of anilines is 1. The monoisotopic (exact) mass is 675 g/mol. The van der Waals surface area contributed by atoms with Gasteiger partial charge in [-0.1, -0.05) is 36.1 Å². The summed E-state index contributed by atoms with van der Waals surface area (Å²) in [4.78, 5) is 33.3. The molecule has 4 heterocycles. The zero-order valence-electron chi connectivity index (χ0n) is 27.1. The van der Waals surface area contributed by atoms with Gasteiger partial charge in [-0.3, -0.25) is 23.6 Å². The largest absolute Gasteiger partial charge is 0.344 e. The Labute approximate surface area is 282 Å². The molecule has 0 spiro atoms. The number of rotatable bonds is 7. The second-order valence-corrected chi connectivity index (χ2v) is 13.5. The molecule has 3 N–H and O–H groups in total. The summed E-state index contributed by atoms with van der Waals surface area (Å²) in [5.74, 6) is 5.61. The van der Waals surface area contributed by atoms with Crippen molar-refractivity contribution in [1.29, 1.82) is 0 Å². The molecule has 14 heteroatoms. The number of fused-ring (bicyclic) bond motifs is 1. The molecule has 6 aromatic rings. The Morgan fingerprint density at radius 3 is 2.57 bits per heavy atom. The van der Waals surface area contributed by atoms with Crippen molar-refractivity contribution in [1.82, 2.24) is 39.0 Å². The first-order valence-corrected chi connectivity index (χ1v) is 17.3. The van der Waals surface area contributed by atoms with Crippen molar-refractivity contribution in [2.24, 2.45) is 7.05 Å². The zero-order valence-corrected chi connectivity index (χ0v) is 27.9. The van der Waals surface area contributed by atoms with Crippen LogP contribution in [0.5, 0.6) is 0 Å². The molecule has 7 rings (SSSR count). The molecule has 1 aliphatic carbocycles. The van der Waals surface area contributed by atoms with Crippen LogP contribution in [-0.4, -0.2) is 50.3 Å². The van der Waals surface area contributed by atoms with Crippen LogP contribution in [0, 0.1) is 11.8 Å². The van der Waals surface area contributed by atoms with Crippen molar-refractivity contribution in [3.8, 4) is 17.5 Å². The Bertz CT molecular complexity index is 2490. The minimum absolute atomic E-state index is 0.0554. The number of amides is 1. The maximum Gasteiger partial charge on any atom is 0.300 e. The minimum atomic E-state index is -4.01. The summed E-state index contributed by atoms with van der Waals surface area (Å²) in [6.45, 7) is 1.82. The molecule has 0 saturated heterocycles. The normalized spacial score (nSPS) is 13.4. The first kappa shape index (κ1) is 31.8. The molecular formula is C35H33N9O4S. The first-order chi connectivity index (χ1) is 23.6. The Kier molecular flexibility index (Phi) is 8.23. The molecule has 1 amide bonds. The van der Waals surface area contributed by atoms with Crippen LogP contribution in [0.1, 0.15) is 64.1 Å². The van der Waals surface area contributed by atoms with Crippen molar-refractivity contribution in [3.63, 3.8) is 0 Å². The molecule has 49 heavy (non-hydrogen) atoms. The summed E-state index contributed by atoms with van der Waals surface area (Å²) < 4.78 is 34.1. The quantitative estimate of drug-likeness (QED) is 0.219. The summed E-state index contributed by atoms with van der Waals surface area (Å²) in [5, 5.41) is 12.9. The second-order valence-electron chi connectivity index (χ2n) is 11.8. The number of pyridine rings is 1. The lowest BCUT2D eigenvalue weighted by molar-refractivity contribution is 0.0941. The summed E-state index contributed by atoms with van der Waals surface area (Å²) in [6, 6.07) is 14.2. The van der Waals surface area contributed by atoms with Crippen LogP contribution in [0.15, 0.2) is 78.1 Å². The number of carbonyl (C=O) groups is 1. The lowest BCUT2D eigenvalue weighted by Gasteiger charge is -2.25. The number of hydrogen-bond donors (Lipinski definition) is 3. The van der Waals surface area contributed by atoms with Crippen molar-refractivity contribution in [3.05, 3.63) is 117 Å². The molecule has 1 aliphatic rings. The molecule has 0 saturated carbocycles. The van der Waals surface area contributed by atoms with Crippen LogP contribution in [-0.2, 0) is 30.1 Å². The smallest absolute Gasteiger partial charge is 0.300 e. The molecule has 248 valence electrons. The zero-order chi connectivity index (χ0) is 34.3. The van der Waals surface area contributed by atoms with E-state index in [9.17, 15) is 18.0 Å². The fourth-order valence-corrected chi connectivity index (χ4v) is 6.98. The van der Waals surface area contributed by atoms with Crippen LogP contribution >= 0.6 is 0 Å². The second kappa shape index (κ2) is 12.7. The topological polar surface area (TPSA) is 157 Å². The van der Waals surface area contributed by atoms with Gasteiger partial charge in [0.25, 0.3) is 21.7 Å². The Morgan fingerprint density at radius 2 is 1.82 bits per heavy atom. The van der Waals surface area contributed by atoms with Gasteiger partial charge in [0.2, 0.25) is 0 Å². The number of aromatic nitrogens is 6. The van der Waals surface area contributed by atoms with Crippen LogP contribution in [0.3, 0.4) is 0 Å². The Hall–Kier alpha value is -5.78. The highest BCUT2D eigenvalue weighted by Gasteiger charge is 2.30. The predicted molar refractivity (Wildman–Crippen MR) is 186 cm³/mol. The number of nitrogens with one attached hydrogen (secondary N) is 3. The fraction of sp³-hybridized carbons (Fsp3) is 0.229. The number of nitrogens with zero attached hydrogens (tertiary/aromatic N) is 6. The van der Waals surface area contributed by atoms with Gasteiger partial charge in [0.05, 0.1) is 28.9 Å². The van der Waals surface area contributed by atoms with E-state index in [2.05, 4.69) is 47.8 Å². The molecule has 4 aromatic heterocycles. The van der Waals surface area contributed by atoms with E-state index in [1.54, 1.807) is 27.7 Å². The van der Waals surface area contributed by atoms with E-state index in [-0.39, 0.29) is 22.6 Å². The van der Waals surface area contributed by atoms with Gasteiger partial charge >= 0.3 is 0 Å². The molecule has 0 bridgehead atoms. The highest BCUT2D eigenvalue weighted by Crippen LogP contribution is 2.35. The molecule has 2 aromatic carbocycles. The van der Waals surface area contributed by atoms with E-state index in [0.29, 0.717) is 28.8 Å². The number of aryl methyl sites for hydroxylation is 3. The number of carbonyl (C=O) groups excluding carboxylic acids is 1. The van der Waals surface area contributed by atoms with Crippen LogP contribution in [0.25, 0.3) is 22.1 Å². The average Bonchev–Trinajstić information content (AvgIpc) is 3.61. The van der Waals surface area contributed by atoms with Gasteiger partial charge in [0.1, 0.15) is 5.56 Å². The highest BCUT2D eigenvalue weighted by molar-refractivity contribution is 7.90. The summed E-state index contributed by atoms with van der Waals surface area (Å²) in [6.07, 6.45) is 9.87. The van der Waals surface area contributed by atoms with Gasteiger partial charge < -0.3 is 5.32 Å². The summed E-state index contributed by atoms with van der Waals surface area (Å²) >= 11 is 0. The maximum atomic E-state index is 14.8. The van der Waals surface area contributed by atoms with Crippen molar-refractivity contribution < 1.29 is 13.2 Å². The highest BCUT2D eigenvalue weighted by atomic mass is 32.2.